The van der Waals surface area contributed by atoms with Crippen LogP contribution in [0, 0.1) is 0 Å². The first kappa shape index (κ1) is 29.4. The monoisotopic (exact) mass is 607 g/mol. The second-order valence-electron chi connectivity index (χ2n) is 9.59. The van der Waals surface area contributed by atoms with Crippen LogP contribution in [0.4, 0.5) is 13.2 Å². The Labute approximate surface area is 246 Å². The van der Waals surface area contributed by atoms with Gasteiger partial charge >= 0.3 is 12.1 Å². The molecule has 1 N–H and O–H groups in total. The molecule has 218 valence electrons. The fraction of sp³-hybridized carbons (Fsp3) is 0.133. The number of carbonyl (C=O) groups excluding carboxylic acids is 1. The van der Waals surface area contributed by atoms with Crippen molar-refractivity contribution in [1.29, 1.82) is 0 Å². The van der Waals surface area contributed by atoms with Crippen LogP contribution >= 0.6 is 11.6 Å². The van der Waals surface area contributed by atoms with Gasteiger partial charge in [-0.25, -0.2) is 14.2 Å². The van der Waals surface area contributed by atoms with Crippen LogP contribution in [-0.2, 0) is 23.8 Å². The summed E-state index contributed by atoms with van der Waals surface area (Å²) in [5, 5.41) is 20.5. The molecule has 2 heterocycles. The molecule has 0 aliphatic rings. The normalized spacial score (nSPS) is 12.2. The van der Waals surface area contributed by atoms with Crippen molar-refractivity contribution in [1.82, 2.24) is 24.8 Å². The van der Waals surface area contributed by atoms with Gasteiger partial charge in [0, 0.05) is 35.1 Å². The molecule has 0 fully saturated rings. The number of halogens is 4. The van der Waals surface area contributed by atoms with Crippen LogP contribution in [0.1, 0.15) is 33.2 Å². The van der Waals surface area contributed by atoms with Crippen LogP contribution in [0.15, 0.2) is 96.1 Å². The SMILES string of the molecule is O=C(O)c1ccc(CC(=O)[C@H](Cc2ccccc2)n2ncc(-c3cc(Cl)ccc3-n3cc(C(F)(F)F)nn3)cc2=O)cc1. The van der Waals surface area contributed by atoms with Gasteiger partial charge in [0.2, 0.25) is 0 Å². The largest absolute Gasteiger partial charge is 0.478 e. The Balaban J connectivity index is 1.51. The number of carboxylic acids is 1. The van der Waals surface area contributed by atoms with Gasteiger partial charge in [-0.15, -0.1) is 5.10 Å². The number of aromatic nitrogens is 5. The van der Waals surface area contributed by atoms with Gasteiger partial charge in [-0.1, -0.05) is 59.3 Å². The van der Waals surface area contributed by atoms with Crippen molar-refractivity contribution in [3.05, 3.63) is 129 Å². The van der Waals surface area contributed by atoms with E-state index >= 15 is 0 Å². The number of Topliss-reactive ketones (excluding diaryl/α,β-unsaturated/α-hetero) is 1. The molecule has 2 aromatic heterocycles. The Kier molecular flexibility index (Phi) is 8.22. The Morgan fingerprint density at radius 3 is 2.30 bits per heavy atom. The number of hydrogen-bond donors (Lipinski definition) is 1. The van der Waals surface area contributed by atoms with Gasteiger partial charge in [-0.3, -0.25) is 9.59 Å². The van der Waals surface area contributed by atoms with Gasteiger partial charge in [0.1, 0.15) is 6.04 Å². The lowest BCUT2D eigenvalue weighted by atomic mass is 9.97. The highest BCUT2D eigenvalue weighted by atomic mass is 35.5. The van der Waals surface area contributed by atoms with Gasteiger partial charge in [0.15, 0.2) is 11.5 Å². The second kappa shape index (κ2) is 12.0. The van der Waals surface area contributed by atoms with E-state index in [0.29, 0.717) is 5.56 Å². The van der Waals surface area contributed by atoms with Crippen LogP contribution in [0.3, 0.4) is 0 Å². The van der Waals surface area contributed by atoms with Crippen LogP contribution in [-0.4, -0.2) is 41.6 Å². The molecule has 0 aliphatic carbocycles. The molecule has 0 saturated heterocycles. The van der Waals surface area contributed by atoms with Crippen LogP contribution in [0.5, 0.6) is 0 Å². The Morgan fingerprint density at radius 1 is 0.953 bits per heavy atom. The number of hydrogen-bond acceptors (Lipinski definition) is 6. The van der Waals surface area contributed by atoms with E-state index in [9.17, 15) is 27.6 Å². The number of aromatic carboxylic acids is 1. The van der Waals surface area contributed by atoms with E-state index in [4.69, 9.17) is 16.7 Å². The van der Waals surface area contributed by atoms with E-state index in [2.05, 4.69) is 15.4 Å². The van der Waals surface area contributed by atoms with Gasteiger partial charge in [0.25, 0.3) is 5.56 Å². The smallest absolute Gasteiger partial charge is 0.436 e. The summed E-state index contributed by atoms with van der Waals surface area (Å²) in [7, 11) is 0. The number of ketones is 1. The topological polar surface area (TPSA) is 120 Å². The lowest BCUT2D eigenvalue weighted by Gasteiger charge is -2.19. The molecular weight excluding hydrogens is 587 g/mol. The number of rotatable bonds is 9. The Morgan fingerprint density at radius 2 is 1.67 bits per heavy atom. The quantitative estimate of drug-likeness (QED) is 0.236. The Hall–Kier alpha value is -5.10. The highest BCUT2D eigenvalue weighted by molar-refractivity contribution is 6.31. The maximum Gasteiger partial charge on any atom is 0.436 e. The molecule has 1 atom stereocenters. The molecule has 0 bridgehead atoms. The number of benzene rings is 3. The van der Waals surface area contributed by atoms with Crippen molar-refractivity contribution in [3.63, 3.8) is 0 Å². The molecule has 0 saturated carbocycles. The van der Waals surface area contributed by atoms with Crippen LogP contribution in [0.2, 0.25) is 5.02 Å². The summed E-state index contributed by atoms with van der Waals surface area (Å²) in [4.78, 5) is 38.2. The molecule has 0 spiro atoms. The maximum atomic E-state index is 13.6. The molecule has 13 heteroatoms. The minimum Gasteiger partial charge on any atom is -0.478 e. The average Bonchev–Trinajstić information content (AvgIpc) is 3.48. The zero-order valence-electron chi connectivity index (χ0n) is 22.1. The minimum atomic E-state index is -4.70. The van der Waals surface area contributed by atoms with E-state index in [-0.39, 0.29) is 46.0 Å². The van der Waals surface area contributed by atoms with E-state index in [0.717, 1.165) is 21.1 Å². The first-order valence-corrected chi connectivity index (χ1v) is 13.1. The zero-order chi connectivity index (χ0) is 30.7. The fourth-order valence-corrected chi connectivity index (χ4v) is 4.68. The standard InChI is InChI=1S/C30H21ClF3N5O4/c31-22-10-11-24(38-17-27(36-37-38)30(32,33)34)23(15-22)21-14-28(41)39(35-16-21)25(12-18-4-2-1-3-5-18)26(40)13-19-6-8-20(9-7-19)29(42)43/h1-11,14-17,25H,12-13H2,(H,42,43)/t25-/m0/s1. The summed E-state index contributed by atoms with van der Waals surface area (Å²) in [6.07, 6.45) is -2.59. The highest BCUT2D eigenvalue weighted by Crippen LogP contribution is 2.31. The molecule has 9 nitrogen and oxygen atoms in total. The molecule has 3 aromatic carbocycles. The van der Waals surface area contributed by atoms with Crippen molar-refractivity contribution < 1.29 is 27.9 Å². The summed E-state index contributed by atoms with van der Waals surface area (Å²) in [5.74, 6) is -1.43. The lowest BCUT2D eigenvalue weighted by molar-refractivity contribution is -0.141. The lowest BCUT2D eigenvalue weighted by Crippen LogP contribution is -2.34. The maximum absolute atomic E-state index is 13.6. The molecule has 5 rings (SSSR count). The number of carboxylic acid groups (broad SMARTS) is 1. The van der Waals surface area contributed by atoms with Crippen molar-refractivity contribution in [2.24, 2.45) is 0 Å². The van der Waals surface area contributed by atoms with Crippen LogP contribution in [0.25, 0.3) is 16.8 Å². The summed E-state index contributed by atoms with van der Waals surface area (Å²) >= 11 is 6.18. The van der Waals surface area contributed by atoms with Gasteiger partial charge in [-0.05, 0) is 41.5 Å². The van der Waals surface area contributed by atoms with E-state index in [1.807, 2.05) is 18.2 Å². The molecule has 0 radical (unpaired) electrons. The highest BCUT2D eigenvalue weighted by Gasteiger charge is 2.35. The van der Waals surface area contributed by atoms with Crippen molar-refractivity contribution >= 4 is 23.4 Å². The summed E-state index contributed by atoms with van der Waals surface area (Å²) in [5.41, 5.74) is 0.274. The molecule has 43 heavy (non-hydrogen) atoms. The number of alkyl halides is 3. The predicted molar refractivity (Wildman–Crippen MR) is 150 cm³/mol. The number of nitrogens with zero attached hydrogens (tertiary/aromatic N) is 5. The van der Waals surface area contributed by atoms with Gasteiger partial charge in [0.05, 0.1) is 23.6 Å². The van der Waals surface area contributed by atoms with E-state index in [1.165, 1.54) is 54.7 Å². The van der Waals surface area contributed by atoms with Crippen LogP contribution < -0.4 is 5.56 Å². The summed E-state index contributed by atoms with van der Waals surface area (Å²) in [6.45, 7) is 0. The summed E-state index contributed by atoms with van der Waals surface area (Å²) in [6, 6.07) is 19.5. The fourth-order valence-electron chi connectivity index (χ4n) is 4.51. The third-order valence-electron chi connectivity index (χ3n) is 6.64. The second-order valence-corrected chi connectivity index (χ2v) is 10.0. The number of carbonyl (C=O) groups is 2. The van der Waals surface area contributed by atoms with Gasteiger partial charge < -0.3 is 5.11 Å². The molecule has 0 amide bonds. The van der Waals surface area contributed by atoms with Gasteiger partial charge in [-0.2, -0.15) is 18.3 Å². The van der Waals surface area contributed by atoms with E-state index < -0.39 is 29.4 Å². The van der Waals surface area contributed by atoms with Crippen molar-refractivity contribution in [2.75, 3.05) is 0 Å². The van der Waals surface area contributed by atoms with Crippen molar-refractivity contribution in [3.8, 4) is 16.8 Å². The molecule has 0 aliphatic heterocycles. The minimum absolute atomic E-state index is 0.0754. The molecule has 5 aromatic rings. The predicted octanol–water partition coefficient (Wildman–Crippen LogP) is 5.46. The molecular formula is C30H21ClF3N5O4. The average molecular weight is 608 g/mol. The first-order chi connectivity index (χ1) is 20.5. The van der Waals surface area contributed by atoms with E-state index in [1.54, 1.807) is 12.1 Å². The summed E-state index contributed by atoms with van der Waals surface area (Å²) < 4.78 is 41.4. The molecule has 0 unspecified atom stereocenters. The Bertz CT molecular complexity index is 1850. The van der Waals surface area contributed by atoms with Crippen molar-refractivity contribution in [2.45, 2.75) is 25.1 Å². The third kappa shape index (κ3) is 6.70. The zero-order valence-corrected chi connectivity index (χ0v) is 22.8. The third-order valence-corrected chi connectivity index (χ3v) is 6.88. The first-order valence-electron chi connectivity index (χ1n) is 12.8.